The number of nitrogens with one attached hydrogen (secondary N) is 1. The summed E-state index contributed by atoms with van der Waals surface area (Å²) in [5.74, 6) is 0.675. The minimum Gasteiger partial charge on any atom is -0.389 e. The lowest BCUT2D eigenvalue weighted by Crippen LogP contribution is -2.35. The molecular weight excluding hydrogens is 464 g/mol. The summed E-state index contributed by atoms with van der Waals surface area (Å²) < 4.78 is 5.36. The fourth-order valence-electron chi connectivity index (χ4n) is 1.89. The first-order valence-electron chi connectivity index (χ1n) is 7.56. The fourth-order valence-corrected chi connectivity index (χ4v) is 2.47. The van der Waals surface area contributed by atoms with Crippen molar-refractivity contribution in [3.63, 3.8) is 0 Å². The molecule has 0 bridgehead atoms. The maximum atomic E-state index is 9.79. The highest BCUT2D eigenvalue weighted by molar-refractivity contribution is 14.0. The second kappa shape index (κ2) is 12.1. The number of aliphatic hydroxyl groups is 1. The van der Waals surface area contributed by atoms with Crippen LogP contribution in [-0.4, -0.2) is 36.9 Å². The van der Waals surface area contributed by atoms with Gasteiger partial charge in [-0.2, -0.15) is 0 Å². The summed E-state index contributed by atoms with van der Waals surface area (Å²) in [5, 5.41) is 14.0. The molecule has 1 aromatic carbocycles. The highest BCUT2D eigenvalue weighted by Crippen LogP contribution is 2.25. The lowest BCUT2D eigenvalue weighted by molar-refractivity contribution is 0.0301. The summed E-state index contributed by atoms with van der Waals surface area (Å²) in [6.07, 6.45) is -0.677. The highest BCUT2D eigenvalue weighted by Gasteiger charge is 2.11. The monoisotopic (exact) mass is 489 g/mol. The lowest BCUT2D eigenvalue weighted by atomic mass is 10.1. The number of rotatable bonds is 8. The number of aliphatic hydroxyl groups excluding tert-OH is 1. The smallest absolute Gasteiger partial charge is 0.189 e. The van der Waals surface area contributed by atoms with Gasteiger partial charge in [-0.05, 0) is 30.5 Å². The van der Waals surface area contributed by atoms with E-state index in [0.29, 0.717) is 22.6 Å². The van der Waals surface area contributed by atoms with E-state index in [1.807, 2.05) is 13.0 Å². The van der Waals surface area contributed by atoms with E-state index in [9.17, 15) is 5.11 Å². The molecule has 0 aromatic heterocycles. The third-order valence-corrected chi connectivity index (χ3v) is 3.59. The Balaban J connectivity index is 0.00000529. The van der Waals surface area contributed by atoms with Crippen LogP contribution < -0.4 is 11.1 Å². The standard InChI is InChI=1S/C16H25Cl2N3O2.HI/c1-10(2)8-23-9-13(22)7-20-16(19)21-11(3)14-5-4-12(17)6-15(14)18;/h4-6,10-11,13,22H,7-9H2,1-3H3,(H3,19,20,21);1H. The van der Waals surface area contributed by atoms with Crippen LogP contribution in [0.1, 0.15) is 32.4 Å². The summed E-state index contributed by atoms with van der Waals surface area (Å²) in [6, 6.07) is 5.16. The van der Waals surface area contributed by atoms with E-state index in [1.54, 1.807) is 12.1 Å². The van der Waals surface area contributed by atoms with Crippen molar-refractivity contribution in [1.29, 1.82) is 0 Å². The average Bonchev–Trinajstić information content (AvgIpc) is 2.44. The zero-order chi connectivity index (χ0) is 17.4. The molecule has 5 nitrogen and oxygen atoms in total. The second-order valence-electron chi connectivity index (χ2n) is 5.84. The van der Waals surface area contributed by atoms with E-state index >= 15 is 0 Å². The normalized spacial score (nSPS) is 14.2. The molecule has 0 saturated heterocycles. The molecule has 0 aliphatic rings. The first-order chi connectivity index (χ1) is 10.8. The van der Waals surface area contributed by atoms with Crippen molar-refractivity contribution in [2.45, 2.75) is 32.9 Å². The Morgan fingerprint density at radius 2 is 1.96 bits per heavy atom. The number of hydrogen-bond donors (Lipinski definition) is 3. The van der Waals surface area contributed by atoms with Gasteiger partial charge in [-0.25, -0.2) is 0 Å². The Bertz CT molecular complexity index is 530. The fraction of sp³-hybridized carbons (Fsp3) is 0.562. The molecular formula is C16H26Cl2IN3O2. The van der Waals surface area contributed by atoms with E-state index < -0.39 is 6.10 Å². The SMILES string of the molecule is CC(C)COCC(O)CN=C(N)NC(C)c1ccc(Cl)cc1Cl.I. The Morgan fingerprint density at radius 3 is 2.54 bits per heavy atom. The van der Waals surface area contributed by atoms with Gasteiger partial charge in [0.15, 0.2) is 5.96 Å². The van der Waals surface area contributed by atoms with Crippen molar-refractivity contribution in [3.05, 3.63) is 33.8 Å². The highest BCUT2D eigenvalue weighted by atomic mass is 127. The molecule has 1 rings (SSSR count). The molecule has 24 heavy (non-hydrogen) atoms. The second-order valence-corrected chi connectivity index (χ2v) is 6.69. The molecule has 0 fully saturated rings. The Kier molecular flexibility index (Phi) is 12.0. The Morgan fingerprint density at radius 1 is 1.29 bits per heavy atom. The van der Waals surface area contributed by atoms with Gasteiger partial charge in [-0.15, -0.1) is 24.0 Å². The van der Waals surface area contributed by atoms with Gasteiger partial charge < -0.3 is 20.9 Å². The van der Waals surface area contributed by atoms with E-state index in [1.165, 1.54) is 0 Å². The summed E-state index contributed by atoms with van der Waals surface area (Å²) in [5.41, 5.74) is 6.71. The minimum absolute atomic E-state index is 0. The molecule has 4 N–H and O–H groups in total. The van der Waals surface area contributed by atoms with Gasteiger partial charge in [0.2, 0.25) is 0 Å². The van der Waals surface area contributed by atoms with Crippen molar-refractivity contribution < 1.29 is 9.84 Å². The molecule has 0 aliphatic heterocycles. The molecule has 0 heterocycles. The molecule has 138 valence electrons. The van der Waals surface area contributed by atoms with Crippen molar-refractivity contribution >= 4 is 53.1 Å². The van der Waals surface area contributed by atoms with Crippen molar-refractivity contribution in [2.75, 3.05) is 19.8 Å². The summed E-state index contributed by atoms with van der Waals surface area (Å²) in [4.78, 5) is 4.12. The molecule has 2 atom stereocenters. The third-order valence-electron chi connectivity index (χ3n) is 3.03. The van der Waals surface area contributed by atoms with Crippen LogP contribution >= 0.6 is 47.2 Å². The number of hydrogen-bond acceptors (Lipinski definition) is 3. The maximum absolute atomic E-state index is 9.79. The number of guanidine groups is 1. The number of halogens is 3. The van der Waals surface area contributed by atoms with E-state index in [0.717, 1.165) is 5.56 Å². The van der Waals surface area contributed by atoms with Crippen molar-refractivity contribution in [3.8, 4) is 0 Å². The van der Waals surface area contributed by atoms with Crippen LogP contribution in [0.4, 0.5) is 0 Å². The molecule has 1 aromatic rings. The number of nitrogens with two attached hydrogens (primary N) is 1. The van der Waals surface area contributed by atoms with Crippen LogP contribution in [0.3, 0.4) is 0 Å². The van der Waals surface area contributed by atoms with E-state index in [2.05, 4.69) is 24.2 Å². The molecule has 2 unspecified atom stereocenters. The number of ether oxygens (including phenoxy) is 1. The number of benzene rings is 1. The molecule has 0 radical (unpaired) electrons. The molecule has 0 saturated carbocycles. The molecule has 0 amide bonds. The topological polar surface area (TPSA) is 79.9 Å². The van der Waals surface area contributed by atoms with Gasteiger partial charge in [-0.1, -0.05) is 43.1 Å². The van der Waals surface area contributed by atoms with Crippen LogP contribution in [0.5, 0.6) is 0 Å². The van der Waals surface area contributed by atoms with Gasteiger partial charge in [0, 0.05) is 16.7 Å². The lowest BCUT2D eigenvalue weighted by Gasteiger charge is -2.17. The average molecular weight is 490 g/mol. The van der Waals surface area contributed by atoms with Gasteiger partial charge >= 0.3 is 0 Å². The zero-order valence-corrected chi connectivity index (χ0v) is 18.0. The van der Waals surface area contributed by atoms with Crippen LogP contribution in [-0.2, 0) is 4.74 Å². The molecule has 0 spiro atoms. The number of aliphatic imine (C=N–C) groups is 1. The zero-order valence-electron chi connectivity index (χ0n) is 14.1. The van der Waals surface area contributed by atoms with Gasteiger partial charge in [-0.3, -0.25) is 4.99 Å². The van der Waals surface area contributed by atoms with E-state index in [-0.39, 0.29) is 49.1 Å². The maximum Gasteiger partial charge on any atom is 0.189 e. The van der Waals surface area contributed by atoms with Crippen LogP contribution in [0.15, 0.2) is 23.2 Å². The Labute approximate surface area is 171 Å². The third kappa shape index (κ3) is 9.27. The van der Waals surface area contributed by atoms with Crippen LogP contribution in [0.25, 0.3) is 0 Å². The first-order valence-corrected chi connectivity index (χ1v) is 8.32. The van der Waals surface area contributed by atoms with Gasteiger partial charge in [0.25, 0.3) is 0 Å². The molecule has 0 aliphatic carbocycles. The Hall–Kier alpha value is -0.280. The summed E-state index contributed by atoms with van der Waals surface area (Å²) in [6.45, 7) is 7.05. The van der Waals surface area contributed by atoms with Crippen molar-refractivity contribution in [1.82, 2.24) is 5.32 Å². The van der Waals surface area contributed by atoms with Gasteiger partial charge in [0.05, 0.1) is 25.3 Å². The largest absolute Gasteiger partial charge is 0.389 e. The van der Waals surface area contributed by atoms with Crippen LogP contribution in [0.2, 0.25) is 10.0 Å². The van der Waals surface area contributed by atoms with Gasteiger partial charge in [0.1, 0.15) is 0 Å². The molecule has 8 heteroatoms. The van der Waals surface area contributed by atoms with Crippen LogP contribution in [0, 0.1) is 5.92 Å². The number of nitrogens with zero attached hydrogens (tertiary/aromatic N) is 1. The quantitative estimate of drug-likeness (QED) is 0.296. The first kappa shape index (κ1) is 23.7. The van der Waals surface area contributed by atoms with E-state index in [4.69, 9.17) is 33.7 Å². The minimum atomic E-state index is -0.677. The predicted octanol–water partition coefficient (Wildman–Crippen LogP) is 3.61. The van der Waals surface area contributed by atoms with Crippen molar-refractivity contribution in [2.24, 2.45) is 16.6 Å². The predicted molar refractivity (Wildman–Crippen MR) is 112 cm³/mol. The summed E-state index contributed by atoms with van der Waals surface area (Å²) in [7, 11) is 0. The summed E-state index contributed by atoms with van der Waals surface area (Å²) >= 11 is 12.0.